The fourth-order valence-corrected chi connectivity index (χ4v) is 2.97. The van der Waals surface area contributed by atoms with Gasteiger partial charge in [0.25, 0.3) is 0 Å². The highest BCUT2D eigenvalue weighted by atomic mass is 127. The normalized spacial score (nSPS) is 11.1. The lowest BCUT2D eigenvalue weighted by atomic mass is 10.2. The van der Waals surface area contributed by atoms with E-state index in [-0.39, 0.29) is 29.8 Å². The molecule has 0 atom stereocenters. The van der Waals surface area contributed by atoms with E-state index in [2.05, 4.69) is 22.2 Å². The molecule has 0 aliphatic rings. The number of nitrogens with zero attached hydrogens (tertiary/aromatic N) is 3. The van der Waals surface area contributed by atoms with E-state index >= 15 is 0 Å². The van der Waals surface area contributed by atoms with Gasteiger partial charge < -0.3 is 10.2 Å². The Hall–Kier alpha value is -1.22. The SMILES string of the molecule is CCNC(=NCc1ncc(CC)s1)N(C)Cc1cccc(F)c1.I. The third-order valence-electron chi connectivity index (χ3n) is 3.32. The fraction of sp³-hybridized carbons (Fsp3) is 0.412. The minimum atomic E-state index is -0.215. The fourth-order valence-electron chi connectivity index (χ4n) is 2.18. The summed E-state index contributed by atoms with van der Waals surface area (Å²) < 4.78 is 13.3. The molecule has 0 unspecified atom stereocenters. The Morgan fingerprint density at radius 2 is 2.17 bits per heavy atom. The van der Waals surface area contributed by atoms with Crippen LogP contribution in [-0.2, 0) is 19.5 Å². The lowest BCUT2D eigenvalue weighted by Gasteiger charge is -2.22. The molecule has 0 fully saturated rings. The van der Waals surface area contributed by atoms with Crippen LogP contribution in [0.1, 0.15) is 29.3 Å². The maximum Gasteiger partial charge on any atom is 0.194 e. The van der Waals surface area contributed by atoms with Crippen LogP contribution < -0.4 is 5.32 Å². The van der Waals surface area contributed by atoms with E-state index in [0.717, 1.165) is 29.5 Å². The molecule has 7 heteroatoms. The van der Waals surface area contributed by atoms with Gasteiger partial charge in [-0.15, -0.1) is 35.3 Å². The molecule has 1 heterocycles. The van der Waals surface area contributed by atoms with E-state index in [9.17, 15) is 4.39 Å². The summed E-state index contributed by atoms with van der Waals surface area (Å²) in [6.45, 7) is 6.09. The lowest BCUT2D eigenvalue weighted by Crippen LogP contribution is -2.38. The van der Waals surface area contributed by atoms with Crippen molar-refractivity contribution in [2.45, 2.75) is 33.4 Å². The van der Waals surface area contributed by atoms with Crippen molar-refractivity contribution in [3.05, 3.63) is 51.7 Å². The van der Waals surface area contributed by atoms with Gasteiger partial charge in [-0.1, -0.05) is 19.1 Å². The van der Waals surface area contributed by atoms with Crippen molar-refractivity contribution in [2.75, 3.05) is 13.6 Å². The van der Waals surface area contributed by atoms with E-state index in [1.165, 1.54) is 10.9 Å². The minimum absolute atomic E-state index is 0. The Kier molecular flexibility index (Phi) is 9.20. The molecule has 0 aliphatic heterocycles. The Morgan fingerprint density at radius 3 is 2.79 bits per heavy atom. The van der Waals surface area contributed by atoms with Gasteiger partial charge in [0, 0.05) is 31.2 Å². The van der Waals surface area contributed by atoms with Crippen LogP contribution in [0.15, 0.2) is 35.5 Å². The monoisotopic (exact) mass is 462 g/mol. The number of hydrogen-bond donors (Lipinski definition) is 1. The van der Waals surface area contributed by atoms with Crippen LogP contribution in [-0.4, -0.2) is 29.4 Å². The second-order valence-electron chi connectivity index (χ2n) is 5.23. The standard InChI is InChI=1S/C17H23FN4S.HI/c1-4-15-10-20-16(23-15)11-21-17(19-5-2)22(3)12-13-7-6-8-14(18)9-13;/h6-10H,4-5,11-12H2,1-3H3,(H,19,21);1H. The molecular formula is C17H24FIN4S. The van der Waals surface area contributed by atoms with Gasteiger partial charge in [0.2, 0.25) is 0 Å². The molecule has 0 amide bonds. The number of aryl methyl sites for hydroxylation is 1. The van der Waals surface area contributed by atoms with E-state index in [4.69, 9.17) is 0 Å². The maximum absolute atomic E-state index is 13.3. The summed E-state index contributed by atoms with van der Waals surface area (Å²) in [4.78, 5) is 12.3. The second kappa shape index (κ2) is 10.6. The summed E-state index contributed by atoms with van der Waals surface area (Å²) in [5.74, 6) is 0.581. The average Bonchev–Trinajstić information content (AvgIpc) is 2.99. The van der Waals surface area contributed by atoms with Crippen molar-refractivity contribution in [2.24, 2.45) is 4.99 Å². The van der Waals surface area contributed by atoms with Crippen LogP contribution in [0.4, 0.5) is 4.39 Å². The Bertz CT molecular complexity index is 660. The molecule has 2 aromatic rings. The van der Waals surface area contributed by atoms with Crippen LogP contribution in [0.25, 0.3) is 0 Å². The third kappa shape index (κ3) is 6.35. The van der Waals surface area contributed by atoms with Gasteiger partial charge in [0.1, 0.15) is 10.8 Å². The molecule has 0 saturated carbocycles. The van der Waals surface area contributed by atoms with Gasteiger partial charge in [-0.2, -0.15) is 0 Å². The quantitative estimate of drug-likeness (QED) is 0.400. The molecular weight excluding hydrogens is 438 g/mol. The number of nitrogens with one attached hydrogen (secondary N) is 1. The number of aromatic nitrogens is 1. The first-order valence-electron chi connectivity index (χ1n) is 7.79. The van der Waals surface area contributed by atoms with Crippen LogP contribution in [0.3, 0.4) is 0 Å². The third-order valence-corrected chi connectivity index (χ3v) is 4.45. The van der Waals surface area contributed by atoms with Gasteiger partial charge in [-0.05, 0) is 31.0 Å². The molecule has 1 aromatic heterocycles. The molecule has 4 nitrogen and oxygen atoms in total. The van der Waals surface area contributed by atoms with Gasteiger partial charge >= 0.3 is 0 Å². The van der Waals surface area contributed by atoms with Crippen LogP contribution >= 0.6 is 35.3 Å². The zero-order chi connectivity index (χ0) is 16.7. The summed E-state index contributed by atoms with van der Waals surface area (Å²) in [7, 11) is 1.95. The first kappa shape index (κ1) is 20.8. The number of rotatable bonds is 6. The Morgan fingerprint density at radius 1 is 1.38 bits per heavy atom. The number of guanidine groups is 1. The highest BCUT2D eigenvalue weighted by Gasteiger charge is 2.08. The highest BCUT2D eigenvalue weighted by molar-refractivity contribution is 14.0. The first-order chi connectivity index (χ1) is 11.1. The Balaban J connectivity index is 0.00000288. The van der Waals surface area contributed by atoms with Crippen molar-refractivity contribution in [3.63, 3.8) is 0 Å². The lowest BCUT2D eigenvalue weighted by molar-refractivity contribution is 0.474. The summed E-state index contributed by atoms with van der Waals surface area (Å²) in [6.07, 6.45) is 2.92. The summed E-state index contributed by atoms with van der Waals surface area (Å²) >= 11 is 1.70. The second-order valence-corrected chi connectivity index (χ2v) is 6.43. The van der Waals surface area contributed by atoms with Gasteiger partial charge in [0.05, 0.1) is 6.54 Å². The van der Waals surface area contributed by atoms with Crippen molar-refractivity contribution < 1.29 is 4.39 Å². The molecule has 0 bridgehead atoms. The molecule has 24 heavy (non-hydrogen) atoms. The Labute approximate surface area is 164 Å². The zero-order valence-electron chi connectivity index (χ0n) is 14.3. The zero-order valence-corrected chi connectivity index (χ0v) is 17.4. The van der Waals surface area contributed by atoms with Gasteiger partial charge in [0.15, 0.2) is 5.96 Å². The number of aliphatic imine (C=N–C) groups is 1. The average molecular weight is 462 g/mol. The van der Waals surface area contributed by atoms with Crippen LogP contribution in [0.2, 0.25) is 0 Å². The van der Waals surface area contributed by atoms with E-state index in [1.54, 1.807) is 23.5 Å². The molecule has 0 radical (unpaired) electrons. The largest absolute Gasteiger partial charge is 0.357 e. The number of hydrogen-bond acceptors (Lipinski definition) is 3. The van der Waals surface area contributed by atoms with E-state index < -0.39 is 0 Å². The molecule has 0 aliphatic carbocycles. The molecule has 132 valence electrons. The van der Waals surface area contributed by atoms with Crippen molar-refractivity contribution in [1.82, 2.24) is 15.2 Å². The van der Waals surface area contributed by atoms with Crippen molar-refractivity contribution in [1.29, 1.82) is 0 Å². The van der Waals surface area contributed by atoms with Crippen LogP contribution in [0.5, 0.6) is 0 Å². The van der Waals surface area contributed by atoms with Crippen molar-refractivity contribution in [3.8, 4) is 0 Å². The smallest absolute Gasteiger partial charge is 0.194 e. The summed E-state index contributed by atoms with van der Waals surface area (Å²) in [6, 6.07) is 6.65. The van der Waals surface area contributed by atoms with Gasteiger partial charge in [-0.3, -0.25) is 0 Å². The minimum Gasteiger partial charge on any atom is -0.357 e. The van der Waals surface area contributed by atoms with Crippen molar-refractivity contribution >= 4 is 41.3 Å². The van der Waals surface area contributed by atoms with E-state index in [1.807, 2.05) is 31.1 Å². The van der Waals surface area contributed by atoms with Gasteiger partial charge in [-0.25, -0.2) is 14.4 Å². The summed E-state index contributed by atoms with van der Waals surface area (Å²) in [5, 5.41) is 4.28. The topological polar surface area (TPSA) is 40.5 Å². The van der Waals surface area contributed by atoms with E-state index in [0.29, 0.717) is 13.1 Å². The molecule has 1 aromatic carbocycles. The number of halogens is 2. The molecule has 0 spiro atoms. The maximum atomic E-state index is 13.3. The molecule has 1 N–H and O–H groups in total. The number of benzene rings is 1. The number of thiazole rings is 1. The highest BCUT2D eigenvalue weighted by Crippen LogP contribution is 2.14. The molecule has 2 rings (SSSR count). The predicted molar refractivity (Wildman–Crippen MR) is 110 cm³/mol. The predicted octanol–water partition coefficient (Wildman–Crippen LogP) is 4.06. The van der Waals surface area contributed by atoms with Crippen LogP contribution in [0, 0.1) is 5.82 Å². The first-order valence-corrected chi connectivity index (χ1v) is 8.61. The summed E-state index contributed by atoms with van der Waals surface area (Å²) in [5.41, 5.74) is 0.917. The molecule has 0 saturated heterocycles.